The van der Waals surface area contributed by atoms with Gasteiger partial charge in [-0.1, -0.05) is 6.92 Å². The third-order valence-electron chi connectivity index (χ3n) is 2.88. The molecule has 0 atom stereocenters. The lowest BCUT2D eigenvalue weighted by molar-refractivity contribution is 0.192. The standard InChI is InChI=1S/C12H25N3O/c1-4-7-15-8-5-11(6-9-15)14-12(16)13-10(2)3/h10-11H,4-9H2,1-3H3,(H2,13,14,16). The van der Waals surface area contributed by atoms with E-state index in [4.69, 9.17) is 0 Å². The van der Waals surface area contributed by atoms with Crippen LogP contribution in [0.5, 0.6) is 0 Å². The second kappa shape index (κ2) is 6.74. The summed E-state index contributed by atoms with van der Waals surface area (Å²) in [5, 5.41) is 5.90. The van der Waals surface area contributed by atoms with Crippen LogP contribution in [0.15, 0.2) is 0 Å². The van der Waals surface area contributed by atoms with Crippen LogP contribution in [0.1, 0.15) is 40.0 Å². The number of carbonyl (C=O) groups is 1. The molecule has 1 heterocycles. The molecule has 1 fully saturated rings. The Morgan fingerprint density at radius 2 is 2.00 bits per heavy atom. The second-order valence-electron chi connectivity index (χ2n) is 4.89. The number of piperidine rings is 1. The summed E-state index contributed by atoms with van der Waals surface area (Å²) in [4.78, 5) is 14.0. The molecule has 1 saturated heterocycles. The number of hydrogen-bond acceptors (Lipinski definition) is 2. The Balaban J connectivity index is 2.19. The van der Waals surface area contributed by atoms with E-state index < -0.39 is 0 Å². The van der Waals surface area contributed by atoms with Crippen molar-refractivity contribution in [3.05, 3.63) is 0 Å². The SMILES string of the molecule is CCCN1CCC(NC(=O)NC(C)C)CC1. The highest BCUT2D eigenvalue weighted by Gasteiger charge is 2.19. The molecule has 0 radical (unpaired) electrons. The molecule has 2 N–H and O–H groups in total. The Labute approximate surface area is 98.8 Å². The molecule has 4 heteroatoms. The van der Waals surface area contributed by atoms with Crippen LogP contribution in [0.25, 0.3) is 0 Å². The van der Waals surface area contributed by atoms with Crippen molar-refractivity contribution in [2.45, 2.75) is 52.1 Å². The molecule has 1 aliphatic heterocycles. The number of rotatable bonds is 4. The lowest BCUT2D eigenvalue weighted by Gasteiger charge is -2.32. The Kier molecular flexibility index (Phi) is 5.60. The highest BCUT2D eigenvalue weighted by Crippen LogP contribution is 2.10. The molecule has 0 aromatic carbocycles. The van der Waals surface area contributed by atoms with Gasteiger partial charge in [-0.25, -0.2) is 4.79 Å². The number of nitrogens with one attached hydrogen (secondary N) is 2. The molecule has 1 aliphatic rings. The van der Waals surface area contributed by atoms with Crippen molar-refractivity contribution < 1.29 is 4.79 Å². The van der Waals surface area contributed by atoms with Crippen LogP contribution < -0.4 is 10.6 Å². The summed E-state index contributed by atoms with van der Waals surface area (Å²) >= 11 is 0. The van der Waals surface area contributed by atoms with E-state index in [1.807, 2.05) is 13.8 Å². The topological polar surface area (TPSA) is 44.4 Å². The Bertz CT molecular complexity index is 210. The summed E-state index contributed by atoms with van der Waals surface area (Å²) in [6.45, 7) is 9.57. The van der Waals surface area contributed by atoms with Crippen molar-refractivity contribution in [3.8, 4) is 0 Å². The van der Waals surface area contributed by atoms with E-state index in [-0.39, 0.29) is 12.1 Å². The third-order valence-corrected chi connectivity index (χ3v) is 2.88. The van der Waals surface area contributed by atoms with Gasteiger partial charge in [0.15, 0.2) is 0 Å². The van der Waals surface area contributed by atoms with Crippen molar-refractivity contribution in [1.29, 1.82) is 0 Å². The van der Waals surface area contributed by atoms with Crippen LogP contribution in [-0.2, 0) is 0 Å². The number of carbonyl (C=O) groups excluding carboxylic acids is 1. The normalized spacial score (nSPS) is 18.8. The molecule has 0 bridgehead atoms. The van der Waals surface area contributed by atoms with Gasteiger partial charge in [0.1, 0.15) is 0 Å². The smallest absolute Gasteiger partial charge is 0.315 e. The number of nitrogens with zero attached hydrogens (tertiary/aromatic N) is 1. The molecule has 0 aromatic heterocycles. The molecule has 94 valence electrons. The van der Waals surface area contributed by atoms with E-state index in [2.05, 4.69) is 22.5 Å². The van der Waals surface area contributed by atoms with Crippen LogP contribution >= 0.6 is 0 Å². The Hall–Kier alpha value is -0.770. The monoisotopic (exact) mass is 227 g/mol. The number of hydrogen-bond donors (Lipinski definition) is 2. The van der Waals surface area contributed by atoms with Gasteiger partial charge in [0.2, 0.25) is 0 Å². The number of amides is 2. The fraction of sp³-hybridized carbons (Fsp3) is 0.917. The van der Waals surface area contributed by atoms with Gasteiger partial charge in [-0.05, 0) is 39.7 Å². The van der Waals surface area contributed by atoms with Crippen molar-refractivity contribution in [2.75, 3.05) is 19.6 Å². The fourth-order valence-electron chi connectivity index (χ4n) is 2.11. The van der Waals surface area contributed by atoms with Crippen molar-refractivity contribution in [1.82, 2.24) is 15.5 Å². The number of urea groups is 1. The second-order valence-corrected chi connectivity index (χ2v) is 4.89. The van der Waals surface area contributed by atoms with E-state index in [0.29, 0.717) is 6.04 Å². The number of likely N-dealkylation sites (tertiary alicyclic amines) is 1. The van der Waals surface area contributed by atoms with Crippen LogP contribution in [-0.4, -0.2) is 42.6 Å². The lowest BCUT2D eigenvalue weighted by Crippen LogP contribution is -2.49. The minimum absolute atomic E-state index is 0.0241. The molecule has 2 amide bonds. The van der Waals surface area contributed by atoms with Crippen molar-refractivity contribution in [3.63, 3.8) is 0 Å². The Morgan fingerprint density at radius 3 is 2.50 bits per heavy atom. The lowest BCUT2D eigenvalue weighted by atomic mass is 10.1. The van der Waals surface area contributed by atoms with E-state index >= 15 is 0 Å². The van der Waals surface area contributed by atoms with E-state index in [0.717, 1.165) is 25.9 Å². The predicted molar refractivity (Wildman–Crippen MR) is 66.6 cm³/mol. The zero-order chi connectivity index (χ0) is 12.0. The van der Waals surface area contributed by atoms with Crippen LogP contribution in [0.4, 0.5) is 4.79 Å². The summed E-state index contributed by atoms with van der Waals surface area (Å²) < 4.78 is 0. The molecule has 16 heavy (non-hydrogen) atoms. The van der Waals surface area contributed by atoms with Gasteiger partial charge < -0.3 is 15.5 Å². The summed E-state index contributed by atoms with van der Waals surface area (Å²) in [6, 6.07) is 0.538. The van der Waals surface area contributed by atoms with Gasteiger partial charge in [-0.2, -0.15) is 0 Å². The van der Waals surface area contributed by atoms with Crippen LogP contribution in [0.3, 0.4) is 0 Å². The van der Waals surface area contributed by atoms with E-state index in [1.54, 1.807) is 0 Å². The van der Waals surface area contributed by atoms with Gasteiger partial charge in [0, 0.05) is 25.2 Å². The molecule has 0 aliphatic carbocycles. The first-order valence-electron chi connectivity index (χ1n) is 6.41. The van der Waals surface area contributed by atoms with Gasteiger partial charge in [0.25, 0.3) is 0 Å². The molecule has 4 nitrogen and oxygen atoms in total. The molecular weight excluding hydrogens is 202 g/mol. The zero-order valence-corrected chi connectivity index (χ0v) is 10.8. The molecule has 0 unspecified atom stereocenters. The molecule has 0 spiro atoms. The molecular formula is C12H25N3O. The van der Waals surface area contributed by atoms with Gasteiger partial charge in [-0.15, -0.1) is 0 Å². The van der Waals surface area contributed by atoms with Crippen molar-refractivity contribution >= 4 is 6.03 Å². The summed E-state index contributed by atoms with van der Waals surface area (Å²) in [5.74, 6) is 0. The van der Waals surface area contributed by atoms with Gasteiger partial charge >= 0.3 is 6.03 Å². The first kappa shape index (κ1) is 13.3. The maximum atomic E-state index is 11.5. The zero-order valence-electron chi connectivity index (χ0n) is 10.8. The Morgan fingerprint density at radius 1 is 1.38 bits per heavy atom. The van der Waals surface area contributed by atoms with Crippen molar-refractivity contribution in [2.24, 2.45) is 0 Å². The maximum absolute atomic E-state index is 11.5. The molecule has 0 saturated carbocycles. The quantitative estimate of drug-likeness (QED) is 0.765. The average Bonchev–Trinajstić information content (AvgIpc) is 2.20. The first-order chi connectivity index (χ1) is 7.61. The summed E-state index contributed by atoms with van der Waals surface area (Å²) in [6.07, 6.45) is 3.36. The molecule has 1 rings (SSSR count). The average molecular weight is 227 g/mol. The van der Waals surface area contributed by atoms with Gasteiger partial charge in [-0.3, -0.25) is 0 Å². The van der Waals surface area contributed by atoms with Crippen LogP contribution in [0.2, 0.25) is 0 Å². The summed E-state index contributed by atoms with van der Waals surface area (Å²) in [7, 11) is 0. The highest BCUT2D eigenvalue weighted by molar-refractivity contribution is 5.74. The fourth-order valence-corrected chi connectivity index (χ4v) is 2.11. The summed E-state index contributed by atoms with van der Waals surface area (Å²) in [5.41, 5.74) is 0. The third kappa shape index (κ3) is 4.84. The maximum Gasteiger partial charge on any atom is 0.315 e. The van der Waals surface area contributed by atoms with Crippen LogP contribution in [0, 0.1) is 0 Å². The van der Waals surface area contributed by atoms with Gasteiger partial charge in [0.05, 0.1) is 0 Å². The van der Waals surface area contributed by atoms with E-state index in [1.165, 1.54) is 13.0 Å². The minimum Gasteiger partial charge on any atom is -0.336 e. The molecule has 0 aromatic rings. The first-order valence-corrected chi connectivity index (χ1v) is 6.41. The largest absolute Gasteiger partial charge is 0.336 e. The predicted octanol–water partition coefficient (Wildman–Crippen LogP) is 1.57. The highest BCUT2D eigenvalue weighted by atomic mass is 16.2. The minimum atomic E-state index is -0.0241. The van der Waals surface area contributed by atoms with E-state index in [9.17, 15) is 4.79 Å².